The van der Waals surface area contributed by atoms with E-state index in [0.29, 0.717) is 6.42 Å². The summed E-state index contributed by atoms with van der Waals surface area (Å²) in [5.74, 6) is 0.250. The van der Waals surface area contributed by atoms with Gasteiger partial charge in [-0.3, -0.25) is 0 Å². The maximum Gasteiger partial charge on any atom is 0.142 e. The molecule has 0 saturated carbocycles. The topological polar surface area (TPSA) is 58.6 Å². The third kappa shape index (κ3) is 4.87. The predicted molar refractivity (Wildman–Crippen MR) is 37.5 cm³/mol. The minimum absolute atomic E-state index is 0.250. The largest absolute Gasteiger partial charge is 0.409 e. The Balaban J connectivity index is 3.38. The lowest BCUT2D eigenvalue weighted by molar-refractivity contribution is 0.317. The van der Waals surface area contributed by atoms with Crippen molar-refractivity contribution in [3.8, 4) is 0 Å². The third-order valence-electron chi connectivity index (χ3n) is 0.858. The van der Waals surface area contributed by atoms with Gasteiger partial charge in [-0.15, -0.1) is 0 Å². The Hall–Kier alpha value is -0.990. The molecule has 0 aliphatic carbocycles. The van der Waals surface area contributed by atoms with E-state index < -0.39 is 0 Å². The maximum absolute atomic E-state index is 8.06. The van der Waals surface area contributed by atoms with Gasteiger partial charge in [0.25, 0.3) is 0 Å². The molecule has 52 valence electrons. The average molecular weight is 128 g/mol. The molecule has 9 heavy (non-hydrogen) atoms. The molecule has 0 atom stereocenters. The minimum Gasteiger partial charge on any atom is -0.409 e. The summed E-state index contributed by atoms with van der Waals surface area (Å²) in [6, 6.07) is 0. The molecule has 0 spiro atoms. The highest BCUT2D eigenvalue weighted by Gasteiger charge is 1.83. The molecule has 0 amide bonds. The number of oxime groups is 1. The Morgan fingerprint density at radius 2 is 2.33 bits per heavy atom. The normalized spacial score (nSPS) is 12.8. The van der Waals surface area contributed by atoms with Crippen molar-refractivity contribution in [3.05, 3.63) is 12.2 Å². The first-order valence-corrected chi connectivity index (χ1v) is 2.92. The molecular weight excluding hydrogens is 116 g/mol. The van der Waals surface area contributed by atoms with Crippen molar-refractivity contribution < 1.29 is 5.21 Å². The molecule has 0 unspecified atom stereocenters. The average Bonchev–Trinajstić information content (AvgIpc) is 1.89. The summed E-state index contributed by atoms with van der Waals surface area (Å²) in [7, 11) is 0. The van der Waals surface area contributed by atoms with Crippen LogP contribution in [0.2, 0.25) is 0 Å². The molecule has 0 bridgehead atoms. The number of hydrogen-bond donors (Lipinski definition) is 2. The Morgan fingerprint density at radius 1 is 1.67 bits per heavy atom. The number of rotatable bonds is 3. The van der Waals surface area contributed by atoms with Gasteiger partial charge in [0, 0.05) is 6.42 Å². The number of hydrogen-bond acceptors (Lipinski definition) is 2. The van der Waals surface area contributed by atoms with Crippen LogP contribution < -0.4 is 5.73 Å². The zero-order valence-electron chi connectivity index (χ0n) is 5.54. The molecule has 3 heteroatoms. The summed E-state index contributed by atoms with van der Waals surface area (Å²) >= 11 is 0. The number of amidine groups is 1. The molecule has 0 heterocycles. The molecule has 3 N–H and O–H groups in total. The molecule has 0 saturated heterocycles. The van der Waals surface area contributed by atoms with Gasteiger partial charge in [0.15, 0.2) is 0 Å². The highest BCUT2D eigenvalue weighted by molar-refractivity contribution is 5.80. The van der Waals surface area contributed by atoms with Crippen molar-refractivity contribution in [2.75, 3.05) is 0 Å². The summed E-state index contributed by atoms with van der Waals surface area (Å²) in [6.45, 7) is 2.03. The molecule has 0 fully saturated rings. The van der Waals surface area contributed by atoms with Crippen LogP contribution in [0.25, 0.3) is 0 Å². The monoisotopic (exact) mass is 128 g/mol. The van der Waals surface area contributed by atoms with Crippen LogP contribution in [0.5, 0.6) is 0 Å². The van der Waals surface area contributed by atoms with Crippen molar-refractivity contribution in [1.82, 2.24) is 0 Å². The Bertz CT molecular complexity index is 118. The van der Waals surface area contributed by atoms with E-state index >= 15 is 0 Å². The number of nitrogens with zero attached hydrogens (tertiary/aromatic N) is 1. The van der Waals surface area contributed by atoms with Gasteiger partial charge in [0.1, 0.15) is 5.84 Å². The second-order valence-electron chi connectivity index (χ2n) is 1.68. The van der Waals surface area contributed by atoms with E-state index in [1.807, 2.05) is 19.1 Å². The van der Waals surface area contributed by atoms with Gasteiger partial charge in [-0.1, -0.05) is 24.2 Å². The summed E-state index contributed by atoms with van der Waals surface area (Å²) in [5, 5.41) is 10.9. The standard InChI is InChI=1S/C6H12N2O/c1-2-3-4-5-6(7)8-9/h3-4,9H,2,5H2,1H3,(H2,7,8)/b4-3+. The zero-order chi connectivity index (χ0) is 7.11. The smallest absolute Gasteiger partial charge is 0.142 e. The van der Waals surface area contributed by atoms with Gasteiger partial charge in [0.2, 0.25) is 0 Å². The minimum atomic E-state index is 0.250. The fraction of sp³-hybridized carbons (Fsp3) is 0.500. The quantitative estimate of drug-likeness (QED) is 0.196. The van der Waals surface area contributed by atoms with E-state index in [1.165, 1.54) is 0 Å². The van der Waals surface area contributed by atoms with Crippen LogP contribution in [-0.4, -0.2) is 11.0 Å². The molecule has 0 radical (unpaired) electrons. The number of nitrogens with two attached hydrogens (primary N) is 1. The molecular formula is C6H12N2O. The van der Waals surface area contributed by atoms with E-state index in [0.717, 1.165) is 6.42 Å². The first kappa shape index (κ1) is 8.01. The number of allylic oxidation sites excluding steroid dienone is 1. The van der Waals surface area contributed by atoms with Gasteiger partial charge in [-0.25, -0.2) is 0 Å². The van der Waals surface area contributed by atoms with E-state index in [9.17, 15) is 0 Å². The molecule has 0 aromatic heterocycles. The van der Waals surface area contributed by atoms with Crippen LogP contribution in [-0.2, 0) is 0 Å². The first-order chi connectivity index (χ1) is 4.31. The Kier molecular flexibility index (Phi) is 4.59. The van der Waals surface area contributed by atoms with Crippen LogP contribution in [0.4, 0.5) is 0 Å². The highest BCUT2D eigenvalue weighted by Crippen LogP contribution is 1.85. The summed E-state index contributed by atoms with van der Waals surface area (Å²) < 4.78 is 0. The Morgan fingerprint density at radius 3 is 2.78 bits per heavy atom. The fourth-order valence-electron chi connectivity index (χ4n) is 0.412. The summed E-state index contributed by atoms with van der Waals surface area (Å²) in [4.78, 5) is 0. The van der Waals surface area contributed by atoms with E-state index in [4.69, 9.17) is 10.9 Å². The van der Waals surface area contributed by atoms with Crippen molar-refractivity contribution in [2.24, 2.45) is 10.9 Å². The van der Waals surface area contributed by atoms with Gasteiger partial charge in [-0.2, -0.15) is 0 Å². The summed E-state index contributed by atoms with van der Waals surface area (Å²) in [6.07, 6.45) is 5.36. The summed E-state index contributed by atoms with van der Waals surface area (Å²) in [5.41, 5.74) is 5.16. The molecule has 0 aromatic rings. The van der Waals surface area contributed by atoms with Crippen LogP contribution in [0.3, 0.4) is 0 Å². The van der Waals surface area contributed by atoms with Crippen LogP contribution >= 0.6 is 0 Å². The second-order valence-corrected chi connectivity index (χ2v) is 1.68. The molecule has 0 aromatic carbocycles. The first-order valence-electron chi connectivity index (χ1n) is 2.92. The van der Waals surface area contributed by atoms with Crippen molar-refractivity contribution in [2.45, 2.75) is 19.8 Å². The van der Waals surface area contributed by atoms with E-state index in [1.54, 1.807) is 0 Å². The Labute approximate surface area is 54.9 Å². The lowest BCUT2D eigenvalue weighted by Gasteiger charge is -1.87. The lowest BCUT2D eigenvalue weighted by Crippen LogP contribution is -2.09. The van der Waals surface area contributed by atoms with Gasteiger partial charge < -0.3 is 10.9 Å². The lowest BCUT2D eigenvalue weighted by atomic mass is 10.3. The van der Waals surface area contributed by atoms with Crippen LogP contribution in [0.15, 0.2) is 17.3 Å². The van der Waals surface area contributed by atoms with Crippen molar-refractivity contribution >= 4 is 5.84 Å². The van der Waals surface area contributed by atoms with E-state index in [-0.39, 0.29) is 5.84 Å². The SMILES string of the molecule is CC/C=C/C/C(N)=N/O. The highest BCUT2D eigenvalue weighted by atomic mass is 16.4. The van der Waals surface area contributed by atoms with Crippen LogP contribution in [0.1, 0.15) is 19.8 Å². The van der Waals surface area contributed by atoms with Gasteiger partial charge in [-0.05, 0) is 6.42 Å². The molecule has 0 rings (SSSR count). The van der Waals surface area contributed by atoms with Crippen molar-refractivity contribution in [1.29, 1.82) is 0 Å². The van der Waals surface area contributed by atoms with Gasteiger partial charge >= 0.3 is 0 Å². The molecule has 0 aliphatic rings. The second kappa shape index (κ2) is 5.15. The van der Waals surface area contributed by atoms with Crippen LogP contribution in [0, 0.1) is 0 Å². The van der Waals surface area contributed by atoms with Gasteiger partial charge in [0.05, 0.1) is 0 Å². The maximum atomic E-state index is 8.06. The third-order valence-corrected chi connectivity index (χ3v) is 0.858. The van der Waals surface area contributed by atoms with E-state index in [2.05, 4.69) is 5.16 Å². The van der Waals surface area contributed by atoms with Crippen molar-refractivity contribution in [3.63, 3.8) is 0 Å². The molecule has 3 nitrogen and oxygen atoms in total. The predicted octanol–water partition coefficient (Wildman–Crippen LogP) is 1.09. The molecule has 0 aliphatic heterocycles. The zero-order valence-corrected chi connectivity index (χ0v) is 5.54. The fourth-order valence-corrected chi connectivity index (χ4v) is 0.412.